The van der Waals surface area contributed by atoms with Crippen molar-refractivity contribution in [1.82, 2.24) is 5.16 Å². The van der Waals surface area contributed by atoms with Crippen LogP contribution in [0, 0.1) is 6.92 Å². The van der Waals surface area contributed by atoms with Crippen LogP contribution in [0.25, 0.3) is 11.3 Å². The first-order chi connectivity index (χ1) is 12.6. The third-order valence-corrected chi connectivity index (χ3v) is 4.85. The molecular formula is C21H20N2O3. The number of methoxy groups -OCH3 is 1. The molecule has 3 aromatic rings. The second-order valence-electron chi connectivity index (χ2n) is 6.71. The fourth-order valence-electron chi connectivity index (χ4n) is 3.03. The third kappa shape index (κ3) is 2.96. The largest absolute Gasteiger partial charge is 0.497 e. The average molecular weight is 348 g/mol. The van der Waals surface area contributed by atoms with E-state index in [0.717, 1.165) is 35.4 Å². The van der Waals surface area contributed by atoms with Gasteiger partial charge in [0.1, 0.15) is 5.75 Å². The summed E-state index contributed by atoms with van der Waals surface area (Å²) in [4.78, 5) is 12.8. The Kier molecular flexibility index (Phi) is 3.99. The Morgan fingerprint density at radius 3 is 2.62 bits per heavy atom. The molecule has 1 saturated carbocycles. The maximum absolute atomic E-state index is 12.8. The van der Waals surface area contributed by atoms with Crippen LogP contribution < -0.4 is 10.1 Å². The van der Waals surface area contributed by atoms with Crippen molar-refractivity contribution in [2.24, 2.45) is 0 Å². The Labute approximate surface area is 152 Å². The van der Waals surface area contributed by atoms with E-state index >= 15 is 0 Å². The maximum atomic E-state index is 12.8. The SMILES string of the molecule is COc1cccc(-c2cc(C3(C(=O)Nc4ccc(C)cc4)CC3)no2)c1. The van der Waals surface area contributed by atoms with Crippen molar-refractivity contribution >= 4 is 11.6 Å². The Hall–Kier alpha value is -3.08. The standard InChI is InChI=1S/C21H20N2O3/c1-14-6-8-16(9-7-14)22-20(24)21(10-11-21)19-13-18(26-23-19)15-4-3-5-17(12-15)25-2/h3-9,12-13H,10-11H2,1-2H3,(H,22,24). The lowest BCUT2D eigenvalue weighted by Gasteiger charge is -2.12. The van der Waals surface area contributed by atoms with Gasteiger partial charge < -0.3 is 14.6 Å². The fraction of sp³-hybridized carbons (Fsp3) is 0.238. The van der Waals surface area contributed by atoms with Crippen molar-refractivity contribution in [3.8, 4) is 17.1 Å². The van der Waals surface area contributed by atoms with Crippen LogP contribution in [0.5, 0.6) is 5.75 Å². The number of anilines is 1. The van der Waals surface area contributed by atoms with Crippen LogP contribution in [-0.4, -0.2) is 18.2 Å². The molecule has 2 aromatic carbocycles. The maximum Gasteiger partial charge on any atom is 0.236 e. The zero-order valence-corrected chi connectivity index (χ0v) is 14.8. The molecule has 5 heteroatoms. The summed E-state index contributed by atoms with van der Waals surface area (Å²) in [6.45, 7) is 2.02. The molecule has 26 heavy (non-hydrogen) atoms. The molecule has 1 N–H and O–H groups in total. The molecule has 1 aromatic heterocycles. The van der Waals surface area contributed by atoms with Crippen LogP contribution >= 0.6 is 0 Å². The molecule has 1 heterocycles. The molecule has 132 valence electrons. The van der Waals surface area contributed by atoms with Crippen LogP contribution in [-0.2, 0) is 10.2 Å². The van der Waals surface area contributed by atoms with Crippen LogP contribution in [0.4, 0.5) is 5.69 Å². The minimum Gasteiger partial charge on any atom is -0.497 e. The number of hydrogen-bond donors (Lipinski definition) is 1. The van der Waals surface area contributed by atoms with Crippen molar-refractivity contribution in [2.75, 3.05) is 12.4 Å². The normalized spacial score (nSPS) is 14.7. The molecule has 0 aliphatic heterocycles. The summed E-state index contributed by atoms with van der Waals surface area (Å²) < 4.78 is 10.8. The predicted molar refractivity (Wildman–Crippen MR) is 99.2 cm³/mol. The lowest BCUT2D eigenvalue weighted by atomic mass is 10.00. The van der Waals surface area contributed by atoms with E-state index in [0.29, 0.717) is 11.5 Å². The quantitative estimate of drug-likeness (QED) is 0.745. The molecule has 1 aliphatic carbocycles. The number of rotatable bonds is 5. The van der Waals surface area contributed by atoms with Crippen molar-refractivity contribution in [3.05, 3.63) is 65.9 Å². The molecular weight excluding hydrogens is 328 g/mol. The Morgan fingerprint density at radius 1 is 1.15 bits per heavy atom. The molecule has 1 amide bonds. The number of amides is 1. The van der Waals surface area contributed by atoms with Gasteiger partial charge in [0.05, 0.1) is 18.2 Å². The Morgan fingerprint density at radius 2 is 1.92 bits per heavy atom. The summed E-state index contributed by atoms with van der Waals surface area (Å²) in [7, 11) is 1.62. The molecule has 4 rings (SSSR count). The number of nitrogens with zero attached hydrogens (tertiary/aromatic N) is 1. The lowest BCUT2D eigenvalue weighted by molar-refractivity contribution is -0.118. The van der Waals surface area contributed by atoms with Gasteiger partial charge in [0.15, 0.2) is 5.76 Å². The topological polar surface area (TPSA) is 64.4 Å². The molecule has 0 unspecified atom stereocenters. The highest BCUT2D eigenvalue weighted by molar-refractivity contribution is 6.01. The highest BCUT2D eigenvalue weighted by Gasteiger charge is 2.53. The van der Waals surface area contributed by atoms with Gasteiger partial charge in [-0.2, -0.15) is 0 Å². The van der Waals surface area contributed by atoms with Gasteiger partial charge in [-0.15, -0.1) is 0 Å². The van der Waals surface area contributed by atoms with E-state index in [2.05, 4.69) is 10.5 Å². The van der Waals surface area contributed by atoms with Crippen LogP contribution in [0.3, 0.4) is 0 Å². The van der Waals surface area contributed by atoms with Crippen molar-refractivity contribution < 1.29 is 14.1 Å². The highest BCUT2D eigenvalue weighted by atomic mass is 16.5. The zero-order chi connectivity index (χ0) is 18.1. The number of carbonyl (C=O) groups is 1. The second kappa shape index (κ2) is 6.33. The van der Waals surface area contributed by atoms with Gasteiger partial charge >= 0.3 is 0 Å². The molecule has 1 fully saturated rings. The number of ether oxygens (including phenoxy) is 1. The van der Waals surface area contributed by atoms with Gasteiger partial charge in [-0.1, -0.05) is 35.0 Å². The minimum absolute atomic E-state index is 0.0353. The van der Waals surface area contributed by atoms with Crippen molar-refractivity contribution in [1.29, 1.82) is 0 Å². The van der Waals surface area contributed by atoms with Gasteiger partial charge in [0.2, 0.25) is 5.91 Å². The highest BCUT2D eigenvalue weighted by Crippen LogP contribution is 2.49. The molecule has 0 radical (unpaired) electrons. The number of aryl methyl sites for hydroxylation is 1. The Balaban J connectivity index is 1.56. The van der Waals surface area contributed by atoms with Gasteiger partial charge in [-0.3, -0.25) is 4.79 Å². The van der Waals surface area contributed by atoms with E-state index in [1.807, 2.05) is 61.5 Å². The van der Waals surface area contributed by atoms with Crippen molar-refractivity contribution in [2.45, 2.75) is 25.2 Å². The number of aromatic nitrogens is 1. The molecule has 0 atom stereocenters. The molecule has 0 bridgehead atoms. The zero-order valence-electron chi connectivity index (χ0n) is 14.8. The van der Waals surface area contributed by atoms with Gasteiger partial charge in [0.25, 0.3) is 0 Å². The van der Waals surface area contributed by atoms with Gasteiger partial charge in [-0.25, -0.2) is 0 Å². The van der Waals surface area contributed by atoms with Gasteiger partial charge in [0, 0.05) is 17.3 Å². The number of carbonyl (C=O) groups excluding carboxylic acids is 1. The summed E-state index contributed by atoms with van der Waals surface area (Å²) in [6, 6.07) is 17.2. The predicted octanol–water partition coefficient (Wildman–Crippen LogP) is 4.33. The van der Waals surface area contributed by atoms with Crippen LogP contribution in [0.15, 0.2) is 59.1 Å². The smallest absolute Gasteiger partial charge is 0.236 e. The summed E-state index contributed by atoms with van der Waals surface area (Å²) in [5.74, 6) is 1.35. The second-order valence-corrected chi connectivity index (χ2v) is 6.71. The summed E-state index contributed by atoms with van der Waals surface area (Å²) in [5, 5.41) is 7.18. The van der Waals surface area contributed by atoms with E-state index in [1.165, 1.54) is 0 Å². The van der Waals surface area contributed by atoms with E-state index < -0.39 is 5.41 Å². The molecule has 0 saturated heterocycles. The van der Waals surface area contributed by atoms with E-state index in [9.17, 15) is 4.79 Å². The van der Waals surface area contributed by atoms with Crippen LogP contribution in [0.1, 0.15) is 24.1 Å². The monoisotopic (exact) mass is 348 g/mol. The third-order valence-electron chi connectivity index (χ3n) is 4.85. The Bertz CT molecular complexity index is 940. The first-order valence-corrected chi connectivity index (χ1v) is 8.60. The summed E-state index contributed by atoms with van der Waals surface area (Å²) in [5.41, 5.74) is 2.91. The first kappa shape index (κ1) is 16.4. The average Bonchev–Trinajstić information content (AvgIpc) is 3.33. The van der Waals surface area contributed by atoms with E-state index in [1.54, 1.807) is 7.11 Å². The molecule has 0 spiro atoms. The first-order valence-electron chi connectivity index (χ1n) is 8.60. The minimum atomic E-state index is -0.592. The fourth-order valence-corrected chi connectivity index (χ4v) is 3.03. The van der Waals surface area contributed by atoms with E-state index in [-0.39, 0.29) is 5.91 Å². The number of benzene rings is 2. The van der Waals surface area contributed by atoms with Gasteiger partial charge in [-0.05, 0) is 44.0 Å². The van der Waals surface area contributed by atoms with Crippen LogP contribution in [0.2, 0.25) is 0 Å². The van der Waals surface area contributed by atoms with E-state index in [4.69, 9.17) is 9.26 Å². The number of nitrogens with one attached hydrogen (secondary N) is 1. The number of hydrogen-bond acceptors (Lipinski definition) is 4. The lowest BCUT2D eigenvalue weighted by Crippen LogP contribution is -2.28. The summed E-state index contributed by atoms with van der Waals surface area (Å²) in [6.07, 6.45) is 1.55. The summed E-state index contributed by atoms with van der Waals surface area (Å²) >= 11 is 0. The molecule has 1 aliphatic rings. The van der Waals surface area contributed by atoms with Crippen molar-refractivity contribution in [3.63, 3.8) is 0 Å². The molecule has 5 nitrogen and oxygen atoms in total.